The number of carbonyl (C=O) groups is 2. The van der Waals surface area contributed by atoms with Crippen LogP contribution in [0.4, 0.5) is 4.79 Å². The number of hydrogen-bond donors (Lipinski definition) is 0. The van der Waals surface area contributed by atoms with Crippen molar-refractivity contribution in [3.8, 4) is 0 Å². The van der Waals surface area contributed by atoms with Crippen molar-refractivity contribution in [2.45, 2.75) is 20.4 Å². The van der Waals surface area contributed by atoms with E-state index in [2.05, 4.69) is 41.0 Å². The molecule has 154 valence electrons. The molecule has 0 aliphatic carbocycles. The van der Waals surface area contributed by atoms with Gasteiger partial charge in [0.15, 0.2) is 0 Å². The van der Waals surface area contributed by atoms with Crippen LogP contribution in [0.2, 0.25) is 0 Å². The van der Waals surface area contributed by atoms with E-state index in [0.29, 0.717) is 26.2 Å². The van der Waals surface area contributed by atoms with Gasteiger partial charge in [-0.3, -0.25) is 14.6 Å². The van der Waals surface area contributed by atoms with E-state index in [0.717, 1.165) is 45.8 Å². The first-order valence-corrected chi connectivity index (χ1v) is 10.2. The number of hydrogen-bond acceptors (Lipinski definition) is 5. The number of benzene rings is 1. The molecule has 28 heavy (non-hydrogen) atoms. The summed E-state index contributed by atoms with van der Waals surface area (Å²) in [6.07, 6.45) is -0.252. The fourth-order valence-electron chi connectivity index (χ4n) is 3.82. The van der Waals surface area contributed by atoms with Gasteiger partial charge < -0.3 is 14.5 Å². The van der Waals surface area contributed by atoms with Crippen molar-refractivity contribution < 1.29 is 14.3 Å². The summed E-state index contributed by atoms with van der Waals surface area (Å²) in [5.74, 6) is 0.194. The van der Waals surface area contributed by atoms with Crippen LogP contribution in [-0.2, 0) is 16.1 Å². The highest BCUT2D eigenvalue weighted by Crippen LogP contribution is 2.11. The summed E-state index contributed by atoms with van der Waals surface area (Å²) in [4.78, 5) is 32.7. The zero-order chi connectivity index (χ0) is 19.9. The van der Waals surface area contributed by atoms with Crippen LogP contribution in [0, 0.1) is 6.92 Å². The molecule has 2 heterocycles. The second kappa shape index (κ2) is 9.89. The molecule has 2 aliphatic rings. The van der Waals surface area contributed by atoms with E-state index >= 15 is 0 Å². The van der Waals surface area contributed by atoms with Gasteiger partial charge in [0.1, 0.15) is 0 Å². The molecule has 1 aromatic rings. The Bertz CT molecular complexity index is 665. The Morgan fingerprint density at radius 1 is 0.929 bits per heavy atom. The second-order valence-electron chi connectivity index (χ2n) is 7.61. The van der Waals surface area contributed by atoms with Gasteiger partial charge in [-0.15, -0.1) is 0 Å². The molecule has 0 aromatic heterocycles. The number of amides is 2. The molecule has 1 aromatic carbocycles. The third-order valence-corrected chi connectivity index (χ3v) is 5.47. The smallest absolute Gasteiger partial charge is 0.409 e. The number of carbonyl (C=O) groups excluding carboxylic acids is 2. The van der Waals surface area contributed by atoms with E-state index in [1.807, 2.05) is 11.8 Å². The maximum absolute atomic E-state index is 12.7. The lowest BCUT2D eigenvalue weighted by Gasteiger charge is -2.37. The second-order valence-corrected chi connectivity index (χ2v) is 7.61. The van der Waals surface area contributed by atoms with Crippen molar-refractivity contribution in [2.75, 3.05) is 65.5 Å². The lowest BCUT2D eigenvalue weighted by atomic mass is 10.1. The molecule has 0 N–H and O–H groups in total. The number of ether oxygens (including phenoxy) is 1. The molecule has 2 saturated heterocycles. The number of aryl methyl sites for hydroxylation is 1. The highest BCUT2D eigenvalue weighted by molar-refractivity contribution is 5.78. The quantitative estimate of drug-likeness (QED) is 0.764. The van der Waals surface area contributed by atoms with Crippen molar-refractivity contribution in [2.24, 2.45) is 0 Å². The van der Waals surface area contributed by atoms with E-state index in [9.17, 15) is 9.59 Å². The molecule has 0 bridgehead atoms. The van der Waals surface area contributed by atoms with E-state index in [1.165, 1.54) is 11.1 Å². The largest absolute Gasteiger partial charge is 0.450 e. The molecule has 2 amide bonds. The normalized spacial score (nSPS) is 18.9. The summed E-state index contributed by atoms with van der Waals surface area (Å²) in [5, 5.41) is 0. The molecule has 0 unspecified atom stereocenters. The fraction of sp³-hybridized carbons (Fsp3) is 0.619. The van der Waals surface area contributed by atoms with Gasteiger partial charge in [-0.2, -0.15) is 0 Å². The van der Waals surface area contributed by atoms with E-state index < -0.39 is 0 Å². The van der Waals surface area contributed by atoms with Gasteiger partial charge in [0, 0.05) is 58.9 Å². The maximum atomic E-state index is 12.7. The van der Waals surface area contributed by atoms with Crippen LogP contribution in [0.25, 0.3) is 0 Å². The summed E-state index contributed by atoms with van der Waals surface area (Å²) in [7, 11) is 0. The molecule has 2 aliphatic heterocycles. The summed E-state index contributed by atoms with van der Waals surface area (Å²) in [6, 6.07) is 8.62. The number of piperazine rings is 2. The van der Waals surface area contributed by atoms with Crippen molar-refractivity contribution in [1.29, 1.82) is 0 Å². The highest BCUT2D eigenvalue weighted by Gasteiger charge is 2.26. The Hall–Kier alpha value is -2.12. The van der Waals surface area contributed by atoms with Gasteiger partial charge in [0.05, 0.1) is 13.2 Å². The zero-order valence-electron chi connectivity index (χ0n) is 17.1. The maximum Gasteiger partial charge on any atom is 0.409 e. The van der Waals surface area contributed by atoms with Gasteiger partial charge in [0.25, 0.3) is 0 Å². The lowest BCUT2D eigenvalue weighted by molar-refractivity contribution is -0.134. The molecule has 7 heteroatoms. The first-order chi connectivity index (χ1) is 13.5. The Kier molecular flexibility index (Phi) is 7.28. The molecule has 3 rings (SSSR count). The minimum Gasteiger partial charge on any atom is -0.450 e. The molecule has 7 nitrogen and oxygen atoms in total. The van der Waals surface area contributed by atoms with Crippen LogP contribution in [0.15, 0.2) is 24.3 Å². The van der Waals surface area contributed by atoms with Crippen molar-refractivity contribution in [1.82, 2.24) is 19.6 Å². The predicted molar refractivity (Wildman–Crippen MR) is 108 cm³/mol. The van der Waals surface area contributed by atoms with Crippen LogP contribution in [0.5, 0.6) is 0 Å². The summed E-state index contributed by atoms with van der Waals surface area (Å²) < 4.78 is 5.04. The standard InChI is InChI=1S/C21H32N4O3/c1-3-28-21(27)25-13-9-23(10-14-25)17-20(26)24-11-7-22(8-12-24)16-19-6-4-5-18(2)15-19/h4-6,15H,3,7-14,16-17H2,1-2H3. The molecule has 0 atom stereocenters. The Labute approximate surface area is 167 Å². The zero-order valence-corrected chi connectivity index (χ0v) is 17.1. The van der Waals surface area contributed by atoms with Crippen molar-refractivity contribution in [3.05, 3.63) is 35.4 Å². The van der Waals surface area contributed by atoms with Gasteiger partial charge >= 0.3 is 6.09 Å². The topological polar surface area (TPSA) is 56.3 Å². The molecule has 0 spiro atoms. The fourth-order valence-corrected chi connectivity index (χ4v) is 3.82. The van der Waals surface area contributed by atoms with Crippen LogP contribution in [0.3, 0.4) is 0 Å². The molecule has 0 saturated carbocycles. The number of nitrogens with zero attached hydrogens (tertiary/aromatic N) is 4. The van der Waals surface area contributed by atoms with Gasteiger partial charge in [-0.25, -0.2) is 4.79 Å². The Morgan fingerprint density at radius 3 is 2.21 bits per heavy atom. The van der Waals surface area contributed by atoms with Crippen LogP contribution in [-0.4, -0.2) is 97.1 Å². The average Bonchev–Trinajstić information content (AvgIpc) is 2.69. The minimum absolute atomic E-state index is 0.194. The average molecular weight is 389 g/mol. The molecule has 0 radical (unpaired) electrons. The third kappa shape index (κ3) is 5.69. The summed E-state index contributed by atoms with van der Waals surface area (Å²) >= 11 is 0. The molecular weight excluding hydrogens is 356 g/mol. The van der Waals surface area contributed by atoms with Crippen molar-refractivity contribution in [3.63, 3.8) is 0 Å². The Morgan fingerprint density at radius 2 is 1.57 bits per heavy atom. The van der Waals surface area contributed by atoms with Gasteiger partial charge in [0.2, 0.25) is 5.91 Å². The van der Waals surface area contributed by atoms with Gasteiger partial charge in [-0.1, -0.05) is 29.8 Å². The van der Waals surface area contributed by atoms with Crippen LogP contribution in [0.1, 0.15) is 18.1 Å². The SMILES string of the molecule is CCOC(=O)N1CCN(CC(=O)N2CCN(Cc3cccc(C)c3)CC2)CC1. The summed E-state index contributed by atoms with van der Waals surface area (Å²) in [6.45, 7) is 11.8. The lowest BCUT2D eigenvalue weighted by Crippen LogP contribution is -2.54. The van der Waals surface area contributed by atoms with E-state index in [1.54, 1.807) is 4.90 Å². The van der Waals surface area contributed by atoms with E-state index in [-0.39, 0.29) is 12.0 Å². The van der Waals surface area contributed by atoms with Crippen molar-refractivity contribution >= 4 is 12.0 Å². The van der Waals surface area contributed by atoms with E-state index in [4.69, 9.17) is 4.74 Å². The monoisotopic (exact) mass is 388 g/mol. The molecular formula is C21H32N4O3. The molecule has 2 fully saturated rings. The first-order valence-electron chi connectivity index (χ1n) is 10.2. The third-order valence-electron chi connectivity index (χ3n) is 5.47. The summed E-state index contributed by atoms with van der Waals surface area (Å²) in [5.41, 5.74) is 2.62. The highest BCUT2D eigenvalue weighted by atomic mass is 16.6. The van der Waals surface area contributed by atoms with Gasteiger partial charge in [-0.05, 0) is 19.4 Å². The Balaban J connectivity index is 1.38. The minimum atomic E-state index is -0.252. The van der Waals surface area contributed by atoms with Crippen LogP contribution >= 0.6 is 0 Å². The number of rotatable bonds is 5. The first kappa shape index (κ1) is 20.6. The van der Waals surface area contributed by atoms with Crippen LogP contribution < -0.4 is 0 Å². The predicted octanol–water partition coefficient (Wildman–Crippen LogP) is 1.41.